The quantitative estimate of drug-likeness (QED) is 0.551. The van der Waals surface area contributed by atoms with E-state index in [-0.39, 0.29) is 0 Å². The van der Waals surface area contributed by atoms with Gasteiger partial charge < -0.3 is 4.90 Å². The zero-order valence-electron chi connectivity index (χ0n) is 6.48. The number of hydrogen-bond donors (Lipinski definition) is 0. The van der Waals surface area contributed by atoms with Gasteiger partial charge in [0.15, 0.2) is 0 Å². The van der Waals surface area contributed by atoms with E-state index in [0.717, 1.165) is 0 Å². The van der Waals surface area contributed by atoms with Crippen molar-refractivity contribution in [2.75, 3.05) is 24.1 Å². The molecule has 1 fully saturated rings. The van der Waals surface area contributed by atoms with E-state index in [1.807, 2.05) is 0 Å². The minimum absolute atomic E-state index is 1.31. The van der Waals surface area contributed by atoms with Crippen LogP contribution in [0.5, 0.6) is 0 Å². The van der Waals surface area contributed by atoms with Crippen molar-refractivity contribution in [2.24, 2.45) is 0 Å². The maximum Gasteiger partial charge on any atom is 0.000744 e. The number of hydrogen-bond acceptors (Lipinski definition) is 1. The summed E-state index contributed by atoms with van der Waals surface area (Å²) in [7, 11) is 0. The summed E-state index contributed by atoms with van der Waals surface area (Å²) in [6.07, 6.45) is 5.70. The predicted molar refractivity (Wildman–Crippen MR) is 53.8 cm³/mol. The number of alkyl halides is 1. The van der Waals surface area contributed by atoms with Gasteiger partial charge >= 0.3 is 0 Å². The first-order valence-corrected chi connectivity index (χ1v) is 5.74. The van der Waals surface area contributed by atoms with Crippen LogP contribution in [-0.2, 0) is 0 Å². The molecule has 0 bridgehead atoms. The molecule has 0 amide bonds. The third-order valence-electron chi connectivity index (χ3n) is 2.06. The van der Waals surface area contributed by atoms with E-state index >= 15 is 0 Å². The van der Waals surface area contributed by atoms with Crippen molar-refractivity contribution < 1.29 is 0 Å². The molecule has 60 valence electrons. The summed E-state index contributed by atoms with van der Waals surface area (Å²) >= 11 is 2.46. The Labute approximate surface area is 77.3 Å². The van der Waals surface area contributed by atoms with Crippen molar-refractivity contribution >= 4 is 22.6 Å². The Morgan fingerprint density at radius 2 is 1.80 bits per heavy atom. The number of rotatable bonds is 3. The highest BCUT2D eigenvalue weighted by Crippen LogP contribution is 2.08. The highest BCUT2D eigenvalue weighted by Gasteiger charge is 2.07. The minimum Gasteiger partial charge on any atom is -0.303 e. The molecular weight excluding hydrogens is 237 g/mol. The first kappa shape index (κ1) is 8.78. The molecule has 0 aromatic rings. The van der Waals surface area contributed by atoms with E-state index in [2.05, 4.69) is 27.5 Å². The molecule has 1 aliphatic heterocycles. The Hall–Kier alpha value is 0.690. The van der Waals surface area contributed by atoms with Crippen molar-refractivity contribution in [1.82, 2.24) is 4.90 Å². The topological polar surface area (TPSA) is 3.24 Å². The van der Waals surface area contributed by atoms with E-state index in [1.165, 1.54) is 49.7 Å². The minimum atomic E-state index is 1.31. The van der Waals surface area contributed by atoms with Crippen molar-refractivity contribution in [1.29, 1.82) is 0 Å². The number of nitrogens with zero attached hydrogens (tertiary/aromatic N) is 1. The number of halogens is 1. The predicted octanol–water partition coefficient (Wildman–Crippen LogP) is 2.30. The van der Waals surface area contributed by atoms with Gasteiger partial charge in [0.05, 0.1) is 0 Å². The Morgan fingerprint density at radius 3 is 2.40 bits per heavy atom. The lowest BCUT2D eigenvalue weighted by molar-refractivity contribution is 0.230. The summed E-state index contributed by atoms with van der Waals surface area (Å²) in [6.45, 7) is 4.05. The van der Waals surface area contributed by atoms with E-state index in [9.17, 15) is 0 Å². The van der Waals surface area contributed by atoms with Gasteiger partial charge in [-0.25, -0.2) is 0 Å². The summed E-state index contributed by atoms with van der Waals surface area (Å²) in [5.74, 6) is 0. The van der Waals surface area contributed by atoms with Crippen LogP contribution < -0.4 is 0 Å². The normalized spacial score (nSPS) is 21.3. The monoisotopic (exact) mass is 253 g/mol. The van der Waals surface area contributed by atoms with Gasteiger partial charge in [0.25, 0.3) is 0 Å². The molecule has 1 saturated heterocycles. The van der Waals surface area contributed by atoms with Crippen molar-refractivity contribution in [3.63, 3.8) is 0 Å². The summed E-state index contributed by atoms with van der Waals surface area (Å²) in [5.41, 5.74) is 0. The smallest absolute Gasteiger partial charge is 0.000744 e. The molecule has 2 heteroatoms. The van der Waals surface area contributed by atoms with Gasteiger partial charge in [0, 0.05) is 4.43 Å². The van der Waals surface area contributed by atoms with Crippen LogP contribution in [-0.4, -0.2) is 29.0 Å². The fourth-order valence-electron chi connectivity index (χ4n) is 1.47. The van der Waals surface area contributed by atoms with Gasteiger partial charge in [-0.3, -0.25) is 0 Å². The van der Waals surface area contributed by atoms with Crippen molar-refractivity contribution in [3.05, 3.63) is 0 Å². The van der Waals surface area contributed by atoms with E-state index < -0.39 is 0 Å². The van der Waals surface area contributed by atoms with Crippen LogP contribution in [0.15, 0.2) is 0 Å². The SMILES string of the molecule is ICCCN1CCCCC1. The van der Waals surface area contributed by atoms with Crippen LogP contribution in [0.25, 0.3) is 0 Å². The fraction of sp³-hybridized carbons (Fsp3) is 1.00. The fourth-order valence-corrected chi connectivity index (χ4v) is 1.81. The Kier molecular flexibility index (Phi) is 4.70. The molecule has 10 heavy (non-hydrogen) atoms. The molecule has 0 atom stereocenters. The second-order valence-electron chi connectivity index (χ2n) is 2.94. The highest BCUT2D eigenvalue weighted by molar-refractivity contribution is 14.1. The largest absolute Gasteiger partial charge is 0.303 e. The summed E-state index contributed by atoms with van der Waals surface area (Å²) in [6, 6.07) is 0. The van der Waals surface area contributed by atoms with Crippen LogP contribution in [0, 0.1) is 0 Å². The highest BCUT2D eigenvalue weighted by atomic mass is 127. The molecule has 0 aromatic carbocycles. The van der Waals surface area contributed by atoms with Gasteiger partial charge in [-0.05, 0) is 38.9 Å². The van der Waals surface area contributed by atoms with Crippen molar-refractivity contribution in [3.8, 4) is 0 Å². The van der Waals surface area contributed by atoms with Gasteiger partial charge in [0.2, 0.25) is 0 Å². The molecule has 0 N–H and O–H groups in total. The average molecular weight is 253 g/mol. The third kappa shape index (κ3) is 3.19. The van der Waals surface area contributed by atoms with Gasteiger partial charge in [0.1, 0.15) is 0 Å². The van der Waals surface area contributed by atoms with Crippen LogP contribution in [0.3, 0.4) is 0 Å². The van der Waals surface area contributed by atoms with Gasteiger partial charge in [-0.1, -0.05) is 29.0 Å². The zero-order valence-corrected chi connectivity index (χ0v) is 8.64. The van der Waals surface area contributed by atoms with Crippen LogP contribution in [0.2, 0.25) is 0 Å². The molecule has 1 nitrogen and oxygen atoms in total. The standard InChI is InChI=1S/C8H16IN/c9-5-4-8-10-6-2-1-3-7-10/h1-8H2. The molecule has 0 aliphatic carbocycles. The van der Waals surface area contributed by atoms with Crippen LogP contribution in [0.1, 0.15) is 25.7 Å². The molecule has 0 aromatic heterocycles. The molecule has 0 saturated carbocycles. The zero-order chi connectivity index (χ0) is 7.23. The first-order chi connectivity index (χ1) is 4.93. The molecule has 1 aliphatic rings. The van der Waals surface area contributed by atoms with Crippen LogP contribution in [0.4, 0.5) is 0 Å². The average Bonchev–Trinajstić information content (AvgIpc) is 2.03. The maximum absolute atomic E-state index is 2.60. The first-order valence-electron chi connectivity index (χ1n) is 4.22. The van der Waals surface area contributed by atoms with Gasteiger partial charge in [-0.15, -0.1) is 0 Å². The van der Waals surface area contributed by atoms with E-state index in [0.29, 0.717) is 0 Å². The second-order valence-corrected chi connectivity index (χ2v) is 4.02. The second kappa shape index (κ2) is 5.35. The Balaban J connectivity index is 2.02. The molecule has 0 radical (unpaired) electrons. The summed E-state index contributed by atoms with van der Waals surface area (Å²) in [5, 5.41) is 0. The van der Waals surface area contributed by atoms with E-state index in [4.69, 9.17) is 0 Å². The lowest BCUT2D eigenvalue weighted by Gasteiger charge is -2.25. The number of likely N-dealkylation sites (tertiary alicyclic amines) is 1. The summed E-state index contributed by atoms with van der Waals surface area (Å²) in [4.78, 5) is 2.60. The third-order valence-corrected chi connectivity index (χ3v) is 2.82. The maximum atomic E-state index is 2.60. The lowest BCUT2D eigenvalue weighted by Crippen LogP contribution is -2.30. The van der Waals surface area contributed by atoms with Crippen LogP contribution >= 0.6 is 22.6 Å². The molecular formula is C8H16IN. The Morgan fingerprint density at radius 1 is 1.10 bits per heavy atom. The molecule has 1 heterocycles. The van der Waals surface area contributed by atoms with E-state index in [1.54, 1.807) is 0 Å². The molecule has 0 spiro atoms. The Bertz CT molecular complexity index is 79.3. The lowest BCUT2D eigenvalue weighted by atomic mass is 10.1. The molecule has 0 unspecified atom stereocenters. The number of piperidine rings is 1. The van der Waals surface area contributed by atoms with Crippen molar-refractivity contribution in [2.45, 2.75) is 25.7 Å². The summed E-state index contributed by atoms with van der Waals surface area (Å²) < 4.78 is 1.31. The molecule has 1 rings (SSSR count). The van der Waals surface area contributed by atoms with Gasteiger partial charge in [-0.2, -0.15) is 0 Å².